The average Bonchev–Trinajstić information content (AvgIpc) is 2.35. The Labute approximate surface area is 108 Å². The third-order valence-electron chi connectivity index (χ3n) is 2.56. The summed E-state index contributed by atoms with van der Waals surface area (Å²) in [5.41, 5.74) is 0.338. The SMILES string of the molecule is Cc1ccc(F)c(C(=O)c2cccc(Cl)c2F)c1. The van der Waals surface area contributed by atoms with Crippen molar-refractivity contribution >= 4 is 17.4 Å². The summed E-state index contributed by atoms with van der Waals surface area (Å²) in [7, 11) is 0. The maximum atomic E-state index is 13.7. The van der Waals surface area contributed by atoms with Crippen LogP contribution < -0.4 is 0 Å². The Morgan fingerprint density at radius 3 is 2.56 bits per heavy atom. The van der Waals surface area contributed by atoms with Crippen molar-refractivity contribution in [2.75, 3.05) is 0 Å². The fraction of sp³-hybridized carbons (Fsp3) is 0.0714. The lowest BCUT2D eigenvalue weighted by atomic mass is 10.0. The highest BCUT2D eigenvalue weighted by Gasteiger charge is 2.19. The standard InChI is InChI=1S/C14H9ClF2O/c1-8-5-6-12(16)10(7-8)14(18)9-3-2-4-11(15)13(9)17/h2-7H,1H3. The van der Waals surface area contributed by atoms with E-state index in [1.165, 1.54) is 30.3 Å². The van der Waals surface area contributed by atoms with Crippen molar-refractivity contribution in [2.45, 2.75) is 6.92 Å². The number of halogens is 3. The highest BCUT2D eigenvalue weighted by atomic mass is 35.5. The molecule has 2 aromatic carbocycles. The number of rotatable bonds is 2. The molecule has 0 aliphatic carbocycles. The van der Waals surface area contributed by atoms with E-state index in [0.29, 0.717) is 0 Å². The van der Waals surface area contributed by atoms with Gasteiger partial charge in [0.2, 0.25) is 0 Å². The molecule has 0 fully saturated rings. The van der Waals surface area contributed by atoms with Gasteiger partial charge < -0.3 is 0 Å². The molecule has 2 rings (SSSR count). The molecule has 0 amide bonds. The van der Waals surface area contributed by atoms with E-state index in [4.69, 9.17) is 11.6 Å². The van der Waals surface area contributed by atoms with Crippen LogP contribution in [0.4, 0.5) is 8.78 Å². The van der Waals surface area contributed by atoms with Crippen LogP contribution in [0.5, 0.6) is 0 Å². The van der Waals surface area contributed by atoms with Crippen molar-refractivity contribution in [2.24, 2.45) is 0 Å². The lowest BCUT2D eigenvalue weighted by Crippen LogP contribution is -2.07. The largest absolute Gasteiger partial charge is 0.288 e. The van der Waals surface area contributed by atoms with E-state index >= 15 is 0 Å². The van der Waals surface area contributed by atoms with E-state index in [0.717, 1.165) is 5.56 Å². The topological polar surface area (TPSA) is 17.1 Å². The van der Waals surface area contributed by atoms with E-state index in [1.54, 1.807) is 13.0 Å². The molecule has 0 saturated heterocycles. The van der Waals surface area contributed by atoms with Crippen LogP contribution >= 0.6 is 11.6 Å². The van der Waals surface area contributed by atoms with Crippen LogP contribution in [0, 0.1) is 18.6 Å². The molecule has 0 aliphatic heterocycles. The molecule has 0 radical (unpaired) electrons. The number of benzene rings is 2. The summed E-state index contributed by atoms with van der Waals surface area (Å²) in [6.07, 6.45) is 0. The number of ketones is 1. The minimum atomic E-state index is -0.829. The summed E-state index contributed by atoms with van der Waals surface area (Å²) in [6.45, 7) is 1.73. The molecule has 0 atom stereocenters. The number of hydrogen-bond donors (Lipinski definition) is 0. The zero-order valence-corrected chi connectivity index (χ0v) is 10.3. The predicted octanol–water partition coefficient (Wildman–Crippen LogP) is 4.16. The van der Waals surface area contributed by atoms with Crippen LogP contribution in [0.15, 0.2) is 36.4 Å². The van der Waals surface area contributed by atoms with E-state index < -0.39 is 17.4 Å². The van der Waals surface area contributed by atoms with Crippen LogP contribution in [-0.4, -0.2) is 5.78 Å². The maximum Gasteiger partial charge on any atom is 0.198 e. The molecule has 0 saturated carbocycles. The summed E-state index contributed by atoms with van der Waals surface area (Å²) in [5, 5.41) is -0.158. The molecule has 0 aromatic heterocycles. The van der Waals surface area contributed by atoms with Gasteiger partial charge >= 0.3 is 0 Å². The Balaban J connectivity index is 2.55. The Morgan fingerprint density at radius 2 is 1.83 bits per heavy atom. The molecule has 0 spiro atoms. The summed E-state index contributed by atoms with van der Waals surface area (Å²) >= 11 is 5.60. The minimum Gasteiger partial charge on any atom is -0.288 e. The first kappa shape index (κ1) is 12.7. The van der Waals surface area contributed by atoms with Gasteiger partial charge in [-0.05, 0) is 31.2 Å². The van der Waals surface area contributed by atoms with Crippen molar-refractivity contribution in [3.05, 3.63) is 69.7 Å². The first-order valence-electron chi connectivity index (χ1n) is 5.25. The number of carbonyl (C=O) groups excluding carboxylic acids is 1. The summed E-state index contributed by atoms with van der Waals surface area (Å²) in [4.78, 5) is 12.1. The number of hydrogen-bond acceptors (Lipinski definition) is 1. The Kier molecular flexibility index (Phi) is 3.43. The van der Waals surface area contributed by atoms with Gasteiger partial charge in [-0.25, -0.2) is 8.78 Å². The van der Waals surface area contributed by atoms with Gasteiger partial charge in [0, 0.05) is 0 Å². The smallest absolute Gasteiger partial charge is 0.198 e. The second-order valence-electron chi connectivity index (χ2n) is 3.91. The molecular weight excluding hydrogens is 258 g/mol. The zero-order valence-electron chi connectivity index (χ0n) is 9.51. The van der Waals surface area contributed by atoms with Crippen LogP contribution in [0.2, 0.25) is 5.02 Å². The second-order valence-corrected chi connectivity index (χ2v) is 4.32. The van der Waals surface area contributed by atoms with Gasteiger partial charge in [-0.2, -0.15) is 0 Å². The maximum absolute atomic E-state index is 13.7. The molecule has 18 heavy (non-hydrogen) atoms. The van der Waals surface area contributed by atoms with E-state index in [-0.39, 0.29) is 16.1 Å². The number of carbonyl (C=O) groups is 1. The lowest BCUT2D eigenvalue weighted by Gasteiger charge is -2.06. The van der Waals surface area contributed by atoms with Gasteiger partial charge in [0.05, 0.1) is 16.1 Å². The highest BCUT2D eigenvalue weighted by Crippen LogP contribution is 2.22. The van der Waals surface area contributed by atoms with Crippen LogP contribution in [0.25, 0.3) is 0 Å². The summed E-state index contributed by atoms with van der Waals surface area (Å²) in [6, 6.07) is 8.18. The van der Waals surface area contributed by atoms with Crippen LogP contribution in [0.1, 0.15) is 21.5 Å². The highest BCUT2D eigenvalue weighted by molar-refractivity contribution is 6.31. The van der Waals surface area contributed by atoms with Crippen molar-refractivity contribution in [1.82, 2.24) is 0 Å². The van der Waals surface area contributed by atoms with Gasteiger partial charge in [0.1, 0.15) is 5.82 Å². The fourth-order valence-corrected chi connectivity index (χ4v) is 1.81. The molecule has 2 aromatic rings. The minimum absolute atomic E-state index is 0.156. The van der Waals surface area contributed by atoms with Gasteiger partial charge in [-0.15, -0.1) is 0 Å². The van der Waals surface area contributed by atoms with Crippen molar-refractivity contribution in [3.8, 4) is 0 Å². The average molecular weight is 267 g/mol. The van der Waals surface area contributed by atoms with E-state index in [2.05, 4.69) is 0 Å². The molecule has 0 heterocycles. The molecule has 1 nitrogen and oxygen atoms in total. The summed E-state index contributed by atoms with van der Waals surface area (Å²) < 4.78 is 27.3. The Hall–Kier alpha value is -1.74. The Bertz CT molecular complexity index is 619. The van der Waals surface area contributed by atoms with E-state index in [1.807, 2.05) is 0 Å². The van der Waals surface area contributed by atoms with Gasteiger partial charge in [-0.3, -0.25) is 4.79 Å². The lowest BCUT2D eigenvalue weighted by molar-refractivity contribution is 0.103. The van der Waals surface area contributed by atoms with Crippen molar-refractivity contribution in [1.29, 1.82) is 0 Å². The summed E-state index contributed by atoms with van der Waals surface area (Å²) in [5.74, 6) is -2.22. The molecule has 0 aliphatic rings. The van der Waals surface area contributed by atoms with Crippen LogP contribution in [0.3, 0.4) is 0 Å². The quantitative estimate of drug-likeness (QED) is 0.746. The normalized spacial score (nSPS) is 10.4. The van der Waals surface area contributed by atoms with Gasteiger partial charge in [0.25, 0.3) is 0 Å². The molecule has 0 N–H and O–H groups in total. The van der Waals surface area contributed by atoms with Crippen LogP contribution in [-0.2, 0) is 0 Å². The van der Waals surface area contributed by atoms with Gasteiger partial charge in [-0.1, -0.05) is 29.3 Å². The number of aryl methyl sites for hydroxylation is 1. The molecular formula is C14H9ClF2O. The molecule has 0 unspecified atom stereocenters. The van der Waals surface area contributed by atoms with Gasteiger partial charge in [0.15, 0.2) is 11.6 Å². The predicted molar refractivity (Wildman–Crippen MR) is 66.0 cm³/mol. The monoisotopic (exact) mass is 266 g/mol. The molecule has 0 bridgehead atoms. The first-order valence-corrected chi connectivity index (χ1v) is 5.63. The fourth-order valence-electron chi connectivity index (χ4n) is 1.64. The third kappa shape index (κ3) is 2.27. The molecule has 4 heteroatoms. The third-order valence-corrected chi connectivity index (χ3v) is 2.85. The zero-order chi connectivity index (χ0) is 13.3. The second kappa shape index (κ2) is 4.86. The van der Waals surface area contributed by atoms with Crippen molar-refractivity contribution < 1.29 is 13.6 Å². The van der Waals surface area contributed by atoms with Crippen molar-refractivity contribution in [3.63, 3.8) is 0 Å². The van der Waals surface area contributed by atoms with E-state index in [9.17, 15) is 13.6 Å². The Morgan fingerprint density at radius 1 is 1.11 bits per heavy atom. The molecule has 92 valence electrons. The first-order chi connectivity index (χ1) is 8.50.